The first-order valence-electron chi connectivity index (χ1n) is 9.84. The molecule has 5 heteroatoms. The molecule has 28 heavy (non-hydrogen) atoms. The van der Waals surface area contributed by atoms with Crippen molar-refractivity contribution in [3.63, 3.8) is 0 Å². The van der Waals surface area contributed by atoms with E-state index in [9.17, 15) is 14.7 Å². The first kappa shape index (κ1) is 20.1. The molecule has 1 amide bonds. The van der Waals surface area contributed by atoms with Crippen molar-refractivity contribution in [2.24, 2.45) is 0 Å². The molecule has 0 saturated carbocycles. The summed E-state index contributed by atoms with van der Waals surface area (Å²) in [4.78, 5) is 28.3. The van der Waals surface area contributed by atoms with Gasteiger partial charge in [0.05, 0.1) is 11.1 Å². The number of amides is 1. The van der Waals surface area contributed by atoms with Gasteiger partial charge in [0.15, 0.2) is 0 Å². The average Bonchev–Trinajstić information content (AvgIpc) is 2.73. The Kier molecular flexibility index (Phi) is 6.15. The molecule has 0 bridgehead atoms. The highest BCUT2D eigenvalue weighted by atomic mass is 16.4. The molecule has 1 atom stereocenters. The quantitative estimate of drug-likeness (QED) is 0.851. The minimum Gasteiger partial charge on any atom is -0.478 e. The van der Waals surface area contributed by atoms with Gasteiger partial charge in [-0.3, -0.25) is 9.69 Å². The highest BCUT2D eigenvalue weighted by Gasteiger charge is 2.27. The van der Waals surface area contributed by atoms with E-state index in [2.05, 4.69) is 49.9 Å². The Balaban J connectivity index is 1.64. The second-order valence-electron chi connectivity index (χ2n) is 7.68. The number of piperazine rings is 1. The van der Waals surface area contributed by atoms with E-state index >= 15 is 0 Å². The Morgan fingerprint density at radius 2 is 1.36 bits per heavy atom. The lowest BCUT2D eigenvalue weighted by atomic mass is 9.98. The summed E-state index contributed by atoms with van der Waals surface area (Å²) in [6.07, 6.45) is 0. The number of benzene rings is 2. The summed E-state index contributed by atoms with van der Waals surface area (Å²) in [5.74, 6) is -0.750. The van der Waals surface area contributed by atoms with Crippen LogP contribution in [0.2, 0.25) is 0 Å². The number of carbonyl (C=O) groups excluding carboxylic acids is 1. The van der Waals surface area contributed by atoms with Gasteiger partial charge in [-0.15, -0.1) is 0 Å². The zero-order valence-corrected chi connectivity index (χ0v) is 16.8. The predicted octanol–water partition coefficient (Wildman–Crippen LogP) is 4.03. The number of carboxylic acids is 1. The lowest BCUT2D eigenvalue weighted by Crippen LogP contribution is -2.49. The molecule has 3 rings (SSSR count). The Hall–Kier alpha value is -2.66. The van der Waals surface area contributed by atoms with Gasteiger partial charge in [0.2, 0.25) is 0 Å². The van der Waals surface area contributed by atoms with Gasteiger partial charge in [0.1, 0.15) is 0 Å². The van der Waals surface area contributed by atoms with Crippen LogP contribution in [0.3, 0.4) is 0 Å². The van der Waals surface area contributed by atoms with Crippen LogP contribution >= 0.6 is 0 Å². The number of hydrogen-bond donors (Lipinski definition) is 1. The lowest BCUT2D eigenvalue weighted by molar-refractivity contribution is 0.0569. The number of carbonyl (C=O) groups is 2. The van der Waals surface area contributed by atoms with Crippen LogP contribution in [0, 0.1) is 0 Å². The maximum absolute atomic E-state index is 12.8. The Labute approximate surface area is 166 Å². The first-order chi connectivity index (χ1) is 13.4. The minimum absolute atomic E-state index is 0.0635. The van der Waals surface area contributed by atoms with Crippen LogP contribution in [0.1, 0.15) is 64.6 Å². The molecule has 1 aliphatic rings. The van der Waals surface area contributed by atoms with Crippen molar-refractivity contribution in [1.82, 2.24) is 9.80 Å². The third-order valence-electron chi connectivity index (χ3n) is 5.62. The molecule has 1 unspecified atom stereocenters. The number of rotatable bonds is 5. The molecule has 1 heterocycles. The summed E-state index contributed by atoms with van der Waals surface area (Å²) in [7, 11) is 0. The molecule has 1 saturated heterocycles. The lowest BCUT2D eigenvalue weighted by Gasteiger charge is -2.38. The van der Waals surface area contributed by atoms with Crippen molar-refractivity contribution in [3.8, 4) is 0 Å². The zero-order valence-electron chi connectivity index (χ0n) is 16.8. The van der Waals surface area contributed by atoms with Crippen LogP contribution in [-0.2, 0) is 0 Å². The third kappa shape index (κ3) is 4.25. The van der Waals surface area contributed by atoms with Crippen molar-refractivity contribution >= 4 is 11.9 Å². The van der Waals surface area contributed by atoms with Gasteiger partial charge in [-0.1, -0.05) is 50.2 Å². The van der Waals surface area contributed by atoms with Crippen molar-refractivity contribution < 1.29 is 14.7 Å². The second-order valence-corrected chi connectivity index (χ2v) is 7.68. The van der Waals surface area contributed by atoms with Gasteiger partial charge >= 0.3 is 5.97 Å². The van der Waals surface area contributed by atoms with E-state index in [1.807, 2.05) is 0 Å². The predicted molar refractivity (Wildman–Crippen MR) is 110 cm³/mol. The molecular weight excluding hydrogens is 352 g/mol. The van der Waals surface area contributed by atoms with Gasteiger partial charge in [-0.25, -0.2) is 4.79 Å². The largest absolute Gasteiger partial charge is 0.478 e. The van der Waals surface area contributed by atoms with Gasteiger partial charge in [-0.05, 0) is 36.1 Å². The van der Waals surface area contributed by atoms with Crippen molar-refractivity contribution in [2.75, 3.05) is 26.2 Å². The molecule has 1 N–H and O–H groups in total. The van der Waals surface area contributed by atoms with Crippen LogP contribution in [0.15, 0.2) is 48.5 Å². The van der Waals surface area contributed by atoms with Crippen LogP contribution in [-0.4, -0.2) is 53.0 Å². The Morgan fingerprint density at radius 1 is 0.821 bits per heavy atom. The molecule has 5 nitrogen and oxygen atoms in total. The number of carboxylic acid groups (broad SMARTS) is 1. The molecular formula is C23H28N2O3. The summed E-state index contributed by atoms with van der Waals surface area (Å²) in [6, 6.07) is 15.5. The summed E-state index contributed by atoms with van der Waals surface area (Å²) >= 11 is 0. The molecule has 0 aliphatic carbocycles. The van der Waals surface area contributed by atoms with Crippen LogP contribution in [0.4, 0.5) is 0 Å². The second kappa shape index (κ2) is 8.57. The zero-order chi connectivity index (χ0) is 20.3. The summed E-state index contributed by atoms with van der Waals surface area (Å²) < 4.78 is 0. The Morgan fingerprint density at radius 3 is 1.89 bits per heavy atom. The van der Waals surface area contributed by atoms with Crippen LogP contribution in [0.5, 0.6) is 0 Å². The van der Waals surface area contributed by atoms with E-state index in [1.54, 1.807) is 23.1 Å². The average molecular weight is 380 g/mol. The van der Waals surface area contributed by atoms with Gasteiger partial charge in [-0.2, -0.15) is 0 Å². The molecule has 1 aliphatic heterocycles. The van der Waals surface area contributed by atoms with Gasteiger partial charge < -0.3 is 10.0 Å². The van der Waals surface area contributed by atoms with E-state index in [1.165, 1.54) is 17.2 Å². The van der Waals surface area contributed by atoms with E-state index in [0.717, 1.165) is 13.1 Å². The third-order valence-corrected chi connectivity index (χ3v) is 5.62. The van der Waals surface area contributed by atoms with E-state index in [-0.39, 0.29) is 23.1 Å². The van der Waals surface area contributed by atoms with E-state index in [0.29, 0.717) is 19.0 Å². The molecule has 2 aromatic rings. The Bertz CT molecular complexity index is 837. The van der Waals surface area contributed by atoms with Crippen molar-refractivity contribution in [3.05, 3.63) is 70.8 Å². The molecule has 2 aromatic carbocycles. The van der Waals surface area contributed by atoms with E-state index in [4.69, 9.17) is 0 Å². The molecule has 148 valence electrons. The maximum atomic E-state index is 12.8. The summed E-state index contributed by atoms with van der Waals surface area (Å²) in [5.41, 5.74) is 2.94. The number of nitrogens with zero attached hydrogens (tertiary/aromatic N) is 2. The fourth-order valence-corrected chi connectivity index (χ4v) is 3.71. The van der Waals surface area contributed by atoms with Crippen molar-refractivity contribution in [1.29, 1.82) is 0 Å². The smallest absolute Gasteiger partial charge is 0.336 e. The normalized spacial score (nSPS) is 16.2. The van der Waals surface area contributed by atoms with E-state index < -0.39 is 5.97 Å². The molecule has 0 aromatic heterocycles. The molecule has 0 spiro atoms. The highest BCUT2D eigenvalue weighted by Crippen LogP contribution is 2.24. The SMILES string of the molecule is CC(C)c1ccc(C(C)N2CCN(C(=O)c3ccccc3C(=O)O)CC2)cc1. The van der Waals surface area contributed by atoms with Gasteiger partial charge in [0, 0.05) is 32.2 Å². The fourth-order valence-electron chi connectivity index (χ4n) is 3.71. The summed E-state index contributed by atoms with van der Waals surface area (Å²) in [5, 5.41) is 9.33. The molecule has 0 radical (unpaired) electrons. The monoisotopic (exact) mass is 380 g/mol. The van der Waals surface area contributed by atoms with Crippen LogP contribution < -0.4 is 0 Å². The molecule has 1 fully saturated rings. The summed E-state index contributed by atoms with van der Waals surface area (Å²) in [6.45, 7) is 9.32. The van der Waals surface area contributed by atoms with Gasteiger partial charge in [0.25, 0.3) is 5.91 Å². The highest BCUT2D eigenvalue weighted by molar-refractivity contribution is 6.04. The van der Waals surface area contributed by atoms with Crippen LogP contribution in [0.25, 0.3) is 0 Å². The fraction of sp³-hybridized carbons (Fsp3) is 0.391. The van der Waals surface area contributed by atoms with Crippen molar-refractivity contribution in [2.45, 2.75) is 32.7 Å². The number of aromatic carboxylic acids is 1. The number of hydrogen-bond acceptors (Lipinski definition) is 3. The minimum atomic E-state index is -1.07. The first-order valence-corrected chi connectivity index (χ1v) is 9.84. The topological polar surface area (TPSA) is 60.9 Å². The standard InChI is InChI=1S/C23H28N2O3/c1-16(2)18-8-10-19(11-9-18)17(3)24-12-14-25(15-13-24)22(26)20-6-4-5-7-21(20)23(27)28/h4-11,16-17H,12-15H2,1-3H3,(H,27,28). The maximum Gasteiger partial charge on any atom is 0.336 e.